The van der Waals surface area contributed by atoms with Crippen LogP contribution in [-0.2, 0) is 27.1 Å². The maximum Gasteiger partial charge on any atom is 0.252 e. The fourth-order valence-electron chi connectivity index (χ4n) is 16.9. The Morgan fingerprint density at radius 3 is 0.897 bits per heavy atom. The zero-order valence-corrected chi connectivity index (χ0v) is 64.2. The van der Waals surface area contributed by atoms with Gasteiger partial charge in [0, 0.05) is 77.9 Å². The lowest BCUT2D eigenvalue weighted by atomic mass is 9.33. The molecule has 2 aromatic heterocycles. The number of hydrogen-bond acceptors (Lipinski definition) is 4. The largest absolute Gasteiger partial charge is 0.310 e. The van der Waals surface area contributed by atoms with Crippen LogP contribution in [0.1, 0.15) is 143 Å². The predicted molar refractivity (Wildman–Crippen MR) is 454 cm³/mol. The minimum Gasteiger partial charge on any atom is -0.310 e. The molecule has 7 heteroatoms. The van der Waals surface area contributed by atoms with Crippen molar-refractivity contribution in [3.05, 3.63) is 306 Å². The normalized spacial score (nSPS) is 13.1. The summed E-state index contributed by atoms with van der Waals surface area (Å²) in [5.41, 5.74) is 30.7. The van der Waals surface area contributed by atoms with E-state index in [0.717, 1.165) is 129 Å². The Hall–Kier alpha value is -11.9. The first-order chi connectivity index (χ1) is 51.1. The second-order valence-electron chi connectivity index (χ2n) is 34.9. The van der Waals surface area contributed by atoms with Crippen LogP contribution in [-0.4, -0.2) is 15.8 Å². The maximum absolute atomic E-state index is 11.0. The van der Waals surface area contributed by atoms with Crippen molar-refractivity contribution in [3.8, 4) is 68.0 Å². The molecule has 6 nitrogen and oxygen atoms in total. The Kier molecular flexibility index (Phi) is 15.9. The fraction of sp³-hybridized carbons (Fsp3) is 0.200. The Morgan fingerprint density at radius 2 is 0.579 bits per heavy atom. The topological polar surface area (TPSA) is 63.9 Å². The first-order valence-corrected chi connectivity index (χ1v) is 37.8. The van der Waals surface area contributed by atoms with Gasteiger partial charge >= 0.3 is 0 Å². The van der Waals surface area contributed by atoms with Crippen LogP contribution < -0.4 is 26.2 Å². The maximum atomic E-state index is 11.0. The van der Waals surface area contributed by atoms with Crippen molar-refractivity contribution in [1.29, 1.82) is 10.5 Å². The van der Waals surface area contributed by atoms with Crippen LogP contribution in [0.15, 0.2) is 267 Å². The molecule has 2 aliphatic heterocycles. The summed E-state index contributed by atoms with van der Waals surface area (Å²) in [6.45, 7) is 34.4. The van der Waals surface area contributed by atoms with Gasteiger partial charge in [0.1, 0.15) is 0 Å². The van der Waals surface area contributed by atoms with E-state index in [1.807, 2.05) is 24.3 Å². The van der Waals surface area contributed by atoms with Crippen molar-refractivity contribution in [1.82, 2.24) is 9.13 Å². The highest BCUT2D eigenvalue weighted by atomic mass is 15.2. The van der Waals surface area contributed by atoms with Crippen molar-refractivity contribution in [2.24, 2.45) is 0 Å². The minimum absolute atomic E-state index is 0.0957. The van der Waals surface area contributed by atoms with Crippen molar-refractivity contribution < 1.29 is 0 Å². The van der Waals surface area contributed by atoms with Crippen LogP contribution in [0.25, 0.3) is 99.5 Å². The second-order valence-corrected chi connectivity index (χ2v) is 34.9. The van der Waals surface area contributed by atoms with Gasteiger partial charge in [0.15, 0.2) is 0 Å². The van der Waals surface area contributed by atoms with Crippen LogP contribution in [0.4, 0.5) is 34.1 Å². The molecule has 4 heterocycles. The number of nitriles is 2. The highest BCUT2D eigenvalue weighted by Gasteiger charge is 2.47. The van der Waals surface area contributed by atoms with E-state index < -0.39 is 5.41 Å². The molecule has 0 N–H and O–H groups in total. The zero-order chi connectivity index (χ0) is 74.5. The lowest BCUT2D eigenvalue weighted by Gasteiger charge is -2.47. The number of nitrogens with zero attached hydrogens (tertiary/aromatic N) is 6. The third-order valence-electron chi connectivity index (χ3n) is 22.7. The van der Waals surface area contributed by atoms with Gasteiger partial charge in [-0.2, -0.15) is 10.5 Å². The van der Waals surface area contributed by atoms with E-state index in [2.05, 4.69) is 378 Å². The average Bonchev–Trinajstić information content (AvgIpc) is 0.717. The van der Waals surface area contributed by atoms with E-state index in [0.29, 0.717) is 11.1 Å². The van der Waals surface area contributed by atoms with Crippen LogP contribution in [0.2, 0.25) is 0 Å². The van der Waals surface area contributed by atoms with Crippen LogP contribution in [0, 0.1) is 22.7 Å². The number of rotatable bonds is 8. The number of para-hydroxylation sites is 4. The molecule has 107 heavy (non-hydrogen) atoms. The van der Waals surface area contributed by atoms with Gasteiger partial charge in [-0.05, 0) is 203 Å². The summed E-state index contributed by atoms with van der Waals surface area (Å²) in [4.78, 5) is 5.32. The highest BCUT2D eigenvalue weighted by molar-refractivity contribution is 7.00. The van der Waals surface area contributed by atoms with Crippen molar-refractivity contribution in [3.63, 3.8) is 0 Å². The van der Waals surface area contributed by atoms with Gasteiger partial charge in [-0.25, -0.2) is 0 Å². The molecule has 13 aromatic carbocycles. The van der Waals surface area contributed by atoms with Gasteiger partial charge in [-0.1, -0.05) is 262 Å². The number of aromatic nitrogens is 2. The van der Waals surface area contributed by atoms with Crippen LogP contribution in [0.5, 0.6) is 0 Å². The molecule has 0 radical (unpaired) electrons. The summed E-state index contributed by atoms with van der Waals surface area (Å²) in [6, 6.07) is 105. The first kappa shape index (κ1) is 68.2. The van der Waals surface area contributed by atoms with Crippen LogP contribution >= 0.6 is 0 Å². The predicted octanol–water partition coefficient (Wildman–Crippen LogP) is 24.9. The number of anilines is 6. The molecule has 0 aliphatic carbocycles. The fourth-order valence-corrected chi connectivity index (χ4v) is 16.9. The third kappa shape index (κ3) is 11.4. The number of benzene rings is 13. The van der Waals surface area contributed by atoms with Crippen molar-refractivity contribution in [2.75, 3.05) is 9.80 Å². The van der Waals surface area contributed by atoms with Crippen molar-refractivity contribution >= 4 is 101 Å². The standard InChI is InChI=1S/C100H89BN6/c1-96(2,3)68-42-38-64(39-43-68)79-52-70(98(7,8)9)54-81(66-28-24-26-62(50-66)60-102)94(79)106-89-58-73(104-85-34-20-16-30-75(85)76-31-17-21-35-86(76)104)46-48-83(89)101-84-49-47-74(105-87-36-22-18-32-77(87)78-33-19-23-37-88(78)105)59-90(84)107(92-57-72(100(13,14)15)56-91(106)93(92)101)95-80(65-40-44-69(45-41-65)97(4,5)6)53-71(99(10,11)12)55-82(95)67-29-25-27-63(51-67)61-103/h16-59H,1-15H3. The van der Waals surface area contributed by atoms with E-state index in [1.54, 1.807) is 0 Å². The van der Waals surface area contributed by atoms with Gasteiger partial charge in [0.25, 0.3) is 6.71 Å². The SMILES string of the molecule is CC(C)(C)c1ccc(-c2cc(C(C)(C)C)cc(-c3cccc(C#N)c3)c2N2c3cc(-n4c5ccccc5c5ccccc54)ccc3B3c4ccc(-n5c6ccccc6c6ccccc65)cc4N(c4c(-c5ccc(C(C)(C)C)cc5)cc(C(C)(C)C)cc4-c4cccc(C#N)c4)c4cc(C(C)(C)C)cc2c43)cc1. The quantitative estimate of drug-likeness (QED) is 0.142. The lowest BCUT2D eigenvalue weighted by molar-refractivity contribution is 0.590. The summed E-state index contributed by atoms with van der Waals surface area (Å²) in [6.07, 6.45) is 0. The van der Waals surface area contributed by atoms with Gasteiger partial charge in [-0.15, -0.1) is 0 Å². The number of hydrogen-bond donors (Lipinski definition) is 0. The molecular formula is C100H89BN6. The molecule has 0 spiro atoms. The molecule has 0 atom stereocenters. The Labute approximate surface area is 631 Å². The first-order valence-electron chi connectivity index (χ1n) is 37.8. The molecule has 0 unspecified atom stereocenters. The molecule has 2 aliphatic rings. The Morgan fingerprint density at radius 1 is 0.271 bits per heavy atom. The van der Waals surface area contributed by atoms with E-state index in [1.165, 1.54) is 49.3 Å². The molecule has 0 bridgehead atoms. The van der Waals surface area contributed by atoms with E-state index >= 15 is 0 Å². The summed E-state index contributed by atoms with van der Waals surface area (Å²) in [7, 11) is 0. The van der Waals surface area contributed by atoms with Gasteiger partial charge in [-0.3, -0.25) is 0 Å². The van der Waals surface area contributed by atoms with Crippen molar-refractivity contribution in [2.45, 2.75) is 131 Å². The van der Waals surface area contributed by atoms with Gasteiger partial charge in [0.05, 0.1) is 56.7 Å². The molecule has 0 saturated carbocycles. The highest BCUT2D eigenvalue weighted by Crippen LogP contribution is 2.56. The van der Waals surface area contributed by atoms with Crippen LogP contribution in [0.3, 0.4) is 0 Å². The Balaban J connectivity index is 1.08. The molecular weight excluding hydrogens is 1300 g/mol. The molecule has 0 amide bonds. The van der Waals surface area contributed by atoms with Gasteiger partial charge < -0.3 is 18.9 Å². The summed E-state index contributed by atoms with van der Waals surface area (Å²) < 4.78 is 4.94. The zero-order valence-electron chi connectivity index (χ0n) is 64.2. The molecule has 0 saturated heterocycles. The Bertz CT molecular complexity index is 5770. The summed E-state index contributed by atoms with van der Waals surface area (Å²) >= 11 is 0. The van der Waals surface area contributed by atoms with E-state index in [-0.39, 0.29) is 28.4 Å². The average molecular weight is 1390 g/mol. The molecule has 17 rings (SSSR count). The summed E-state index contributed by atoms with van der Waals surface area (Å²) in [5, 5.41) is 26.7. The van der Waals surface area contributed by atoms with E-state index in [9.17, 15) is 10.5 Å². The minimum atomic E-state index is -0.411. The molecule has 15 aromatic rings. The monoisotopic (exact) mass is 1380 g/mol. The number of fused-ring (bicyclic) bond motifs is 10. The molecule has 522 valence electrons. The lowest BCUT2D eigenvalue weighted by Crippen LogP contribution is -2.61. The smallest absolute Gasteiger partial charge is 0.252 e. The molecule has 0 fully saturated rings. The third-order valence-corrected chi connectivity index (χ3v) is 22.7. The second kappa shape index (κ2) is 24.9. The van der Waals surface area contributed by atoms with Gasteiger partial charge in [0.2, 0.25) is 0 Å². The van der Waals surface area contributed by atoms with E-state index in [4.69, 9.17) is 0 Å². The summed E-state index contributed by atoms with van der Waals surface area (Å²) in [5.74, 6) is 0.